The molecule has 1 heterocycles. The van der Waals surface area contributed by atoms with Crippen molar-refractivity contribution >= 4 is 23.4 Å². The van der Waals surface area contributed by atoms with Crippen LogP contribution in [0.5, 0.6) is 0 Å². The maximum absolute atomic E-state index is 13.2. The fourth-order valence-electron chi connectivity index (χ4n) is 1.40. The van der Waals surface area contributed by atoms with Crippen LogP contribution in [0, 0.1) is 5.82 Å². The van der Waals surface area contributed by atoms with Crippen LogP contribution in [0.3, 0.4) is 0 Å². The Morgan fingerprint density at radius 2 is 2.36 bits per heavy atom. The molecule has 0 saturated heterocycles. The average molecular weight is 211 g/mol. The van der Waals surface area contributed by atoms with Gasteiger partial charge in [-0.3, -0.25) is 4.79 Å². The Balaban J connectivity index is 2.40. The highest BCUT2D eigenvalue weighted by atomic mass is 32.2. The molecule has 0 saturated carbocycles. The van der Waals surface area contributed by atoms with Crippen molar-refractivity contribution in [1.82, 2.24) is 0 Å². The minimum absolute atomic E-state index is 0.0932. The van der Waals surface area contributed by atoms with Crippen LogP contribution in [0.1, 0.15) is 13.3 Å². The van der Waals surface area contributed by atoms with Crippen molar-refractivity contribution in [1.29, 1.82) is 0 Å². The summed E-state index contributed by atoms with van der Waals surface area (Å²) < 4.78 is 13.2. The summed E-state index contributed by atoms with van der Waals surface area (Å²) in [5.41, 5.74) is 0.326. The quantitative estimate of drug-likeness (QED) is 0.773. The zero-order valence-corrected chi connectivity index (χ0v) is 8.53. The van der Waals surface area contributed by atoms with Gasteiger partial charge in [-0.25, -0.2) is 4.39 Å². The van der Waals surface area contributed by atoms with Crippen LogP contribution < -0.4 is 5.32 Å². The lowest BCUT2D eigenvalue weighted by molar-refractivity contribution is -0.115. The number of nitrogens with one attached hydrogen (secondary N) is 1. The van der Waals surface area contributed by atoms with E-state index in [-0.39, 0.29) is 17.0 Å². The Labute approximate surface area is 85.9 Å². The van der Waals surface area contributed by atoms with Gasteiger partial charge in [0.05, 0.1) is 10.9 Å². The number of fused-ring (bicyclic) bond motifs is 1. The summed E-state index contributed by atoms with van der Waals surface area (Å²) >= 11 is 1.43. The van der Waals surface area contributed by atoms with Crippen LogP contribution in [0.4, 0.5) is 10.1 Å². The van der Waals surface area contributed by atoms with E-state index in [0.717, 1.165) is 11.3 Å². The van der Waals surface area contributed by atoms with Gasteiger partial charge >= 0.3 is 0 Å². The largest absolute Gasteiger partial charge is 0.322 e. The molecule has 4 heteroatoms. The van der Waals surface area contributed by atoms with Gasteiger partial charge in [0.15, 0.2) is 0 Å². The Hall–Kier alpha value is -1.03. The zero-order chi connectivity index (χ0) is 10.1. The van der Waals surface area contributed by atoms with Crippen LogP contribution in [0.25, 0.3) is 0 Å². The molecule has 1 aliphatic rings. The van der Waals surface area contributed by atoms with E-state index in [1.807, 2.05) is 13.0 Å². The van der Waals surface area contributed by atoms with E-state index in [1.165, 1.54) is 17.8 Å². The van der Waals surface area contributed by atoms with Gasteiger partial charge in [0.25, 0.3) is 0 Å². The Morgan fingerprint density at radius 3 is 3.07 bits per heavy atom. The molecule has 0 bridgehead atoms. The highest BCUT2D eigenvalue weighted by Crippen LogP contribution is 2.37. The third-order valence-electron chi connectivity index (χ3n) is 2.16. The summed E-state index contributed by atoms with van der Waals surface area (Å²) in [4.78, 5) is 12.3. The van der Waals surface area contributed by atoms with Crippen molar-refractivity contribution in [3.8, 4) is 0 Å². The van der Waals surface area contributed by atoms with Gasteiger partial charge in [-0.1, -0.05) is 13.0 Å². The molecule has 1 aromatic carbocycles. The van der Waals surface area contributed by atoms with Crippen molar-refractivity contribution in [2.75, 3.05) is 5.32 Å². The number of hydrogen-bond donors (Lipinski definition) is 1. The van der Waals surface area contributed by atoms with Crippen LogP contribution in [-0.4, -0.2) is 11.2 Å². The first-order chi connectivity index (χ1) is 6.72. The van der Waals surface area contributed by atoms with Crippen LogP contribution in [-0.2, 0) is 4.79 Å². The normalized spacial score (nSPS) is 20.1. The van der Waals surface area contributed by atoms with Crippen molar-refractivity contribution in [3.05, 3.63) is 24.0 Å². The molecule has 2 nitrogen and oxygen atoms in total. The number of anilines is 1. The maximum Gasteiger partial charge on any atom is 0.237 e. The summed E-state index contributed by atoms with van der Waals surface area (Å²) in [6.07, 6.45) is 0.756. The SMILES string of the molecule is CCC1Sc2cccc(F)c2NC1=O. The molecule has 0 aromatic heterocycles. The van der Waals surface area contributed by atoms with Gasteiger partial charge in [0.1, 0.15) is 5.82 Å². The van der Waals surface area contributed by atoms with Crippen molar-refractivity contribution in [2.24, 2.45) is 0 Å². The Morgan fingerprint density at radius 1 is 1.57 bits per heavy atom. The Bertz CT molecular complexity index is 380. The molecule has 0 spiro atoms. The summed E-state index contributed by atoms with van der Waals surface area (Å²) in [6.45, 7) is 1.95. The standard InChI is InChI=1S/C10H10FNOS/c1-2-7-10(13)12-9-6(11)4-3-5-8(9)14-7/h3-5,7H,2H2,1H3,(H,12,13). The second kappa shape index (κ2) is 3.61. The molecule has 1 aromatic rings. The van der Waals surface area contributed by atoms with Gasteiger partial charge in [0.2, 0.25) is 5.91 Å². The van der Waals surface area contributed by atoms with E-state index in [2.05, 4.69) is 5.32 Å². The fraction of sp³-hybridized carbons (Fsp3) is 0.300. The number of benzene rings is 1. The highest BCUT2D eigenvalue weighted by molar-refractivity contribution is 8.01. The molecule has 0 aliphatic carbocycles. The van der Waals surface area contributed by atoms with Gasteiger partial charge < -0.3 is 5.32 Å². The van der Waals surface area contributed by atoms with Gasteiger partial charge in [-0.15, -0.1) is 11.8 Å². The Kier molecular flexibility index (Phi) is 2.46. The van der Waals surface area contributed by atoms with E-state index in [1.54, 1.807) is 6.07 Å². The molecule has 2 rings (SSSR count). The lowest BCUT2D eigenvalue weighted by atomic mass is 10.2. The first-order valence-electron chi connectivity index (χ1n) is 4.48. The first kappa shape index (κ1) is 9.52. The molecule has 1 aliphatic heterocycles. The van der Waals surface area contributed by atoms with Crippen molar-refractivity contribution < 1.29 is 9.18 Å². The van der Waals surface area contributed by atoms with E-state index in [4.69, 9.17) is 0 Å². The number of amides is 1. The molecular weight excluding hydrogens is 201 g/mol. The molecule has 14 heavy (non-hydrogen) atoms. The fourth-order valence-corrected chi connectivity index (χ4v) is 2.47. The lowest BCUT2D eigenvalue weighted by Crippen LogP contribution is -2.28. The van der Waals surface area contributed by atoms with Gasteiger partial charge in [0, 0.05) is 4.90 Å². The van der Waals surface area contributed by atoms with Crippen LogP contribution in [0.15, 0.2) is 23.1 Å². The number of carbonyl (C=O) groups is 1. The minimum atomic E-state index is -0.363. The van der Waals surface area contributed by atoms with Gasteiger partial charge in [-0.05, 0) is 18.6 Å². The smallest absolute Gasteiger partial charge is 0.237 e. The van der Waals surface area contributed by atoms with Crippen LogP contribution >= 0.6 is 11.8 Å². The number of para-hydroxylation sites is 1. The monoisotopic (exact) mass is 211 g/mol. The summed E-state index contributed by atoms with van der Waals surface area (Å²) in [5.74, 6) is -0.465. The average Bonchev–Trinajstić information content (AvgIpc) is 2.19. The van der Waals surface area contributed by atoms with Crippen LogP contribution in [0.2, 0.25) is 0 Å². The van der Waals surface area contributed by atoms with E-state index < -0.39 is 0 Å². The third kappa shape index (κ3) is 1.50. The third-order valence-corrected chi connectivity index (χ3v) is 3.58. The number of rotatable bonds is 1. The molecule has 74 valence electrons. The number of halogens is 1. The van der Waals surface area contributed by atoms with Crippen molar-refractivity contribution in [2.45, 2.75) is 23.5 Å². The molecule has 0 fully saturated rings. The zero-order valence-electron chi connectivity index (χ0n) is 7.71. The van der Waals surface area contributed by atoms with Gasteiger partial charge in [-0.2, -0.15) is 0 Å². The summed E-state index contributed by atoms with van der Waals surface area (Å²) in [7, 11) is 0. The first-order valence-corrected chi connectivity index (χ1v) is 5.36. The number of thioether (sulfide) groups is 1. The molecule has 0 radical (unpaired) electrons. The molecule has 1 unspecified atom stereocenters. The molecule has 1 N–H and O–H groups in total. The van der Waals surface area contributed by atoms with E-state index >= 15 is 0 Å². The maximum atomic E-state index is 13.2. The number of carbonyl (C=O) groups excluding carboxylic acids is 1. The predicted octanol–water partition coefficient (Wildman–Crippen LogP) is 2.65. The van der Waals surface area contributed by atoms with Crippen molar-refractivity contribution in [3.63, 3.8) is 0 Å². The predicted molar refractivity (Wildman–Crippen MR) is 55.0 cm³/mol. The molecule has 1 amide bonds. The summed E-state index contributed by atoms with van der Waals surface area (Å²) in [5, 5.41) is 2.50. The van der Waals surface area contributed by atoms with E-state index in [0.29, 0.717) is 5.69 Å². The molecular formula is C10H10FNOS. The lowest BCUT2D eigenvalue weighted by Gasteiger charge is -2.23. The second-order valence-electron chi connectivity index (χ2n) is 3.12. The second-order valence-corrected chi connectivity index (χ2v) is 4.36. The topological polar surface area (TPSA) is 29.1 Å². The molecule has 1 atom stereocenters. The van der Waals surface area contributed by atoms with E-state index in [9.17, 15) is 9.18 Å². The number of hydrogen-bond acceptors (Lipinski definition) is 2. The minimum Gasteiger partial charge on any atom is -0.322 e. The summed E-state index contributed by atoms with van der Waals surface area (Å²) in [6, 6.07) is 4.84. The highest BCUT2D eigenvalue weighted by Gasteiger charge is 2.26.